The molecule has 1 N–H and O–H groups in total. The number of halogens is 2. The van der Waals surface area contributed by atoms with Crippen molar-refractivity contribution in [2.24, 2.45) is 0 Å². The van der Waals surface area contributed by atoms with E-state index in [2.05, 4.69) is 10.3 Å². The van der Waals surface area contributed by atoms with E-state index < -0.39 is 5.91 Å². The van der Waals surface area contributed by atoms with E-state index in [4.69, 9.17) is 32.4 Å². The molecular weight excluding hydrogens is 509 g/mol. The van der Waals surface area contributed by atoms with E-state index >= 15 is 0 Å². The van der Waals surface area contributed by atoms with Crippen molar-refractivity contribution < 1.29 is 18.7 Å². The molecule has 0 radical (unpaired) electrons. The number of benzene rings is 2. The molecule has 0 bridgehead atoms. The van der Waals surface area contributed by atoms with E-state index in [0.717, 1.165) is 15.2 Å². The van der Waals surface area contributed by atoms with Crippen LogP contribution in [0.1, 0.15) is 16.3 Å². The van der Waals surface area contributed by atoms with Crippen molar-refractivity contribution in [3.05, 3.63) is 81.2 Å². The molecule has 7 nitrogen and oxygen atoms in total. The molecule has 0 saturated carbocycles. The second kappa shape index (κ2) is 10.9. The molecule has 0 saturated heterocycles. The van der Waals surface area contributed by atoms with Crippen LogP contribution in [0.4, 0.5) is 5.69 Å². The van der Waals surface area contributed by atoms with Gasteiger partial charge in [-0.15, -0.1) is 11.3 Å². The van der Waals surface area contributed by atoms with E-state index in [0.29, 0.717) is 32.8 Å². The summed E-state index contributed by atoms with van der Waals surface area (Å²) in [6.07, 6.45) is 4.31. The number of carbonyl (C=O) groups excluding carboxylic acids is 2. The maximum Gasteiger partial charge on any atom is 0.246 e. The standard InChI is InChI=1S/C25H21Cl2N3O4S/c1-15-29-25-20(6-3-7-21(25)35-15)34-14-17-18(26)9-10-19(24(17)27)30(2)23(32)13-28-22(31)11-8-16-5-4-12-33-16/h3-12H,13-14H2,1-2H3,(H,28,31)/b11-8+. The van der Waals surface area contributed by atoms with Crippen molar-refractivity contribution in [1.29, 1.82) is 0 Å². The Balaban J connectivity index is 1.43. The number of rotatable bonds is 8. The Bertz CT molecular complexity index is 1400. The summed E-state index contributed by atoms with van der Waals surface area (Å²) in [6, 6.07) is 12.5. The minimum atomic E-state index is -0.425. The largest absolute Gasteiger partial charge is 0.486 e. The molecule has 0 spiro atoms. The lowest BCUT2D eigenvalue weighted by molar-refractivity contribution is -0.122. The first-order chi connectivity index (χ1) is 16.8. The number of fused-ring (bicyclic) bond motifs is 1. The van der Waals surface area contributed by atoms with Gasteiger partial charge in [0.1, 0.15) is 23.6 Å². The number of hydrogen-bond donors (Lipinski definition) is 1. The van der Waals surface area contributed by atoms with Crippen LogP contribution in [0.3, 0.4) is 0 Å². The van der Waals surface area contributed by atoms with Gasteiger partial charge < -0.3 is 19.4 Å². The highest BCUT2D eigenvalue weighted by atomic mass is 35.5. The fourth-order valence-corrected chi connectivity index (χ4v) is 4.75. The lowest BCUT2D eigenvalue weighted by Gasteiger charge is -2.21. The zero-order valence-electron chi connectivity index (χ0n) is 18.9. The van der Waals surface area contributed by atoms with Crippen molar-refractivity contribution in [3.63, 3.8) is 0 Å². The van der Waals surface area contributed by atoms with Gasteiger partial charge in [0.05, 0.1) is 33.2 Å². The minimum Gasteiger partial charge on any atom is -0.486 e. The first-order valence-corrected chi connectivity index (χ1v) is 12.1. The number of likely N-dealkylation sites (N-methyl/N-ethyl adjacent to an activating group) is 1. The van der Waals surface area contributed by atoms with Crippen molar-refractivity contribution in [1.82, 2.24) is 10.3 Å². The van der Waals surface area contributed by atoms with Crippen molar-refractivity contribution >= 4 is 68.3 Å². The van der Waals surface area contributed by atoms with Gasteiger partial charge in [-0.05, 0) is 49.4 Å². The molecule has 0 fully saturated rings. The maximum atomic E-state index is 12.7. The van der Waals surface area contributed by atoms with Crippen molar-refractivity contribution in [2.45, 2.75) is 13.5 Å². The van der Waals surface area contributed by atoms with Crippen LogP contribution in [-0.4, -0.2) is 30.4 Å². The minimum absolute atomic E-state index is 0.0948. The number of nitrogens with one attached hydrogen (secondary N) is 1. The highest BCUT2D eigenvalue weighted by Gasteiger charge is 2.19. The summed E-state index contributed by atoms with van der Waals surface area (Å²) in [5.41, 5.74) is 1.77. The van der Waals surface area contributed by atoms with Gasteiger partial charge in [0.15, 0.2) is 0 Å². The van der Waals surface area contributed by atoms with Crippen LogP contribution in [0.25, 0.3) is 16.3 Å². The van der Waals surface area contributed by atoms with Crippen LogP contribution in [0.15, 0.2) is 59.2 Å². The zero-order valence-corrected chi connectivity index (χ0v) is 21.2. The monoisotopic (exact) mass is 529 g/mol. The topological polar surface area (TPSA) is 84.7 Å². The second-order valence-corrected chi connectivity index (χ2v) is 9.52. The van der Waals surface area contributed by atoms with E-state index in [9.17, 15) is 9.59 Å². The number of amides is 2. The summed E-state index contributed by atoms with van der Waals surface area (Å²) in [5.74, 6) is 0.376. The number of para-hydroxylation sites is 1. The molecule has 0 aliphatic rings. The van der Waals surface area contributed by atoms with Gasteiger partial charge in [-0.3, -0.25) is 9.59 Å². The summed E-state index contributed by atoms with van der Waals surface area (Å²) < 4.78 is 12.2. The van der Waals surface area contributed by atoms with Crippen LogP contribution in [0.5, 0.6) is 5.75 Å². The third-order valence-electron chi connectivity index (χ3n) is 5.12. The highest BCUT2D eigenvalue weighted by molar-refractivity contribution is 7.18. The summed E-state index contributed by atoms with van der Waals surface area (Å²) in [6.45, 7) is 1.82. The number of ether oxygens (including phenoxy) is 1. The predicted molar refractivity (Wildman–Crippen MR) is 139 cm³/mol. The molecule has 0 unspecified atom stereocenters. The Morgan fingerprint density at radius 3 is 2.80 bits per heavy atom. The fraction of sp³-hybridized carbons (Fsp3) is 0.160. The average molecular weight is 530 g/mol. The molecule has 4 rings (SSSR count). The van der Waals surface area contributed by atoms with Crippen molar-refractivity contribution in [2.75, 3.05) is 18.5 Å². The first-order valence-electron chi connectivity index (χ1n) is 10.6. The molecule has 0 atom stereocenters. The van der Waals surface area contributed by atoms with Gasteiger partial charge in [-0.1, -0.05) is 29.3 Å². The predicted octanol–water partition coefficient (Wildman–Crippen LogP) is 5.88. The van der Waals surface area contributed by atoms with Gasteiger partial charge in [0.2, 0.25) is 11.8 Å². The van der Waals surface area contributed by atoms with E-state index in [-0.39, 0.29) is 19.1 Å². The molecular formula is C25H21Cl2N3O4S. The molecule has 35 heavy (non-hydrogen) atoms. The Labute approximate surface area is 215 Å². The molecule has 2 aromatic carbocycles. The van der Waals surface area contributed by atoms with E-state index in [1.807, 2.05) is 25.1 Å². The Morgan fingerprint density at radius 2 is 2.03 bits per heavy atom. The quantitative estimate of drug-likeness (QED) is 0.288. The van der Waals surface area contributed by atoms with Gasteiger partial charge in [-0.2, -0.15) is 0 Å². The van der Waals surface area contributed by atoms with Crippen LogP contribution in [-0.2, 0) is 16.2 Å². The van der Waals surface area contributed by atoms with Gasteiger partial charge >= 0.3 is 0 Å². The lowest BCUT2D eigenvalue weighted by atomic mass is 10.2. The molecule has 4 aromatic rings. The van der Waals surface area contributed by atoms with Crippen LogP contribution in [0, 0.1) is 6.92 Å². The number of carbonyl (C=O) groups is 2. The van der Waals surface area contributed by atoms with Gasteiger partial charge in [0, 0.05) is 23.7 Å². The number of aromatic nitrogens is 1. The fourth-order valence-electron chi connectivity index (χ4n) is 3.30. The summed E-state index contributed by atoms with van der Waals surface area (Å²) >= 11 is 14.6. The lowest BCUT2D eigenvalue weighted by Crippen LogP contribution is -2.37. The Kier molecular flexibility index (Phi) is 7.75. The first kappa shape index (κ1) is 24.8. The molecule has 0 aliphatic carbocycles. The third kappa shape index (κ3) is 5.85. The van der Waals surface area contributed by atoms with E-state index in [1.165, 1.54) is 23.3 Å². The zero-order chi connectivity index (χ0) is 24.9. The molecule has 10 heteroatoms. The molecule has 0 aliphatic heterocycles. The smallest absolute Gasteiger partial charge is 0.246 e. The van der Waals surface area contributed by atoms with Gasteiger partial charge in [0.25, 0.3) is 0 Å². The number of hydrogen-bond acceptors (Lipinski definition) is 6. The van der Waals surface area contributed by atoms with E-state index in [1.54, 1.807) is 42.6 Å². The summed E-state index contributed by atoms with van der Waals surface area (Å²) in [5, 5.41) is 4.20. The number of anilines is 1. The number of aryl methyl sites for hydroxylation is 1. The summed E-state index contributed by atoms with van der Waals surface area (Å²) in [7, 11) is 1.58. The number of nitrogens with zero attached hydrogens (tertiary/aromatic N) is 2. The number of furan rings is 1. The molecule has 2 amide bonds. The van der Waals surface area contributed by atoms with Crippen molar-refractivity contribution in [3.8, 4) is 5.75 Å². The van der Waals surface area contributed by atoms with Crippen LogP contribution >= 0.6 is 34.5 Å². The highest BCUT2D eigenvalue weighted by Crippen LogP contribution is 2.36. The normalized spacial score (nSPS) is 11.2. The van der Waals surface area contributed by atoms with Crippen LogP contribution < -0.4 is 15.0 Å². The van der Waals surface area contributed by atoms with Crippen LogP contribution in [0.2, 0.25) is 10.0 Å². The summed E-state index contributed by atoms with van der Waals surface area (Å²) in [4.78, 5) is 30.6. The molecule has 2 aromatic heterocycles. The SMILES string of the molecule is Cc1nc2c(OCc3c(Cl)ccc(N(C)C(=O)CNC(=O)/C=C/c4ccco4)c3Cl)cccc2s1. The Morgan fingerprint density at radius 1 is 1.20 bits per heavy atom. The molecule has 180 valence electrons. The molecule has 2 heterocycles. The third-order valence-corrected chi connectivity index (χ3v) is 6.83. The maximum absolute atomic E-state index is 12.7. The van der Waals surface area contributed by atoms with Gasteiger partial charge in [-0.25, -0.2) is 4.98 Å². The Hall–Kier alpha value is -3.33. The number of thiazole rings is 1. The second-order valence-electron chi connectivity index (χ2n) is 7.50. The average Bonchev–Trinajstić information content (AvgIpc) is 3.49.